The van der Waals surface area contributed by atoms with E-state index in [-0.39, 0.29) is 30.8 Å². The monoisotopic (exact) mass is 523 g/mol. The number of esters is 1. The molecule has 1 saturated heterocycles. The highest BCUT2D eigenvalue weighted by Gasteiger charge is 2.40. The van der Waals surface area contributed by atoms with Gasteiger partial charge >= 0.3 is 5.97 Å². The Morgan fingerprint density at radius 1 is 1.24 bits per heavy atom. The molecule has 0 radical (unpaired) electrons. The molecule has 2 aromatic rings. The number of nitrogens with zero attached hydrogens (tertiary/aromatic N) is 4. The van der Waals surface area contributed by atoms with Gasteiger partial charge in [0.1, 0.15) is 6.54 Å². The Morgan fingerprint density at radius 3 is 2.61 bits per heavy atom. The molecule has 0 bridgehead atoms. The molecule has 3 heterocycles. The zero-order chi connectivity index (χ0) is 27.6. The number of methoxy groups -OCH3 is 1. The van der Waals surface area contributed by atoms with Crippen LogP contribution >= 0.6 is 0 Å². The minimum Gasteiger partial charge on any atom is -0.469 e. The Labute approximate surface area is 223 Å². The van der Waals surface area contributed by atoms with Crippen LogP contribution in [0.25, 0.3) is 11.3 Å². The van der Waals surface area contributed by atoms with Gasteiger partial charge in [0, 0.05) is 49.2 Å². The summed E-state index contributed by atoms with van der Waals surface area (Å²) < 4.78 is 10.3. The zero-order valence-corrected chi connectivity index (χ0v) is 23.0. The molecule has 1 N–H and O–H groups in total. The number of benzene rings is 1. The van der Waals surface area contributed by atoms with Crippen molar-refractivity contribution in [3.05, 3.63) is 41.1 Å². The van der Waals surface area contributed by atoms with Crippen LogP contribution < -0.4 is 5.32 Å². The lowest BCUT2D eigenvalue weighted by Crippen LogP contribution is -2.48. The molecule has 38 heavy (non-hydrogen) atoms. The van der Waals surface area contributed by atoms with Gasteiger partial charge in [-0.1, -0.05) is 12.1 Å². The van der Waals surface area contributed by atoms with E-state index in [0.29, 0.717) is 30.3 Å². The number of anilines is 1. The van der Waals surface area contributed by atoms with Crippen molar-refractivity contribution in [2.24, 2.45) is 0 Å². The first-order valence-electron chi connectivity index (χ1n) is 13.0. The summed E-state index contributed by atoms with van der Waals surface area (Å²) in [6.45, 7) is 9.00. The fourth-order valence-corrected chi connectivity index (χ4v) is 4.74. The molecule has 1 aromatic carbocycles. The first-order valence-corrected chi connectivity index (χ1v) is 13.0. The standard InChI is InChI=1S/C28H37N5O5/c1-17-15-29-27(30-19-9-11-38-12-10-19)31-25(17)18-7-8-20-21(13-18)26(36)33(22(20)14-24(35)37-6)16-23(34)32(5)28(2,3)4/h7-8,13,15,19,22H,9-12,14,16H2,1-6H3,(H,29,30,31). The average molecular weight is 524 g/mol. The Hall–Kier alpha value is -3.53. The van der Waals surface area contributed by atoms with Crippen LogP contribution in [-0.4, -0.2) is 83.0 Å². The summed E-state index contributed by atoms with van der Waals surface area (Å²) in [6, 6.07) is 5.21. The van der Waals surface area contributed by atoms with Gasteiger partial charge in [-0.05, 0) is 57.7 Å². The molecule has 10 nitrogen and oxygen atoms in total. The third-order valence-electron chi connectivity index (χ3n) is 7.35. The van der Waals surface area contributed by atoms with Crippen LogP contribution in [0.2, 0.25) is 0 Å². The van der Waals surface area contributed by atoms with Crippen molar-refractivity contribution in [3.63, 3.8) is 0 Å². The van der Waals surface area contributed by atoms with E-state index in [4.69, 9.17) is 14.5 Å². The lowest BCUT2D eigenvalue weighted by molar-refractivity contribution is -0.143. The van der Waals surface area contributed by atoms with Crippen molar-refractivity contribution in [2.45, 2.75) is 64.6 Å². The Morgan fingerprint density at radius 2 is 1.95 bits per heavy atom. The number of aromatic nitrogens is 2. The highest BCUT2D eigenvalue weighted by Crippen LogP contribution is 2.38. The quantitative estimate of drug-likeness (QED) is 0.550. The number of rotatable bonds is 7. The molecule has 0 saturated carbocycles. The molecule has 0 aliphatic carbocycles. The van der Waals surface area contributed by atoms with Gasteiger partial charge in [0.25, 0.3) is 5.91 Å². The van der Waals surface area contributed by atoms with Crippen molar-refractivity contribution in [1.82, 2.24) is 19.8 Å². The molecule has 1 aromatic heterocycles. The second-order valence-corrected chi connectivity index (χ2v) is 10.9. The molecule has 0 spiro atoms. The maximum absolute atomic E-state index is 13.6. The molecule has 204 valence electrons. The fourth-order valence-electron chi connectivity index (χ4n) is 4.74. The van der Waals surface area contributed by atoms with E-state index in [1.54, 1.807) is 24.2 Å². The summed E-state index contributed by atoms with van der Waals surface area (Å²) in [6.07, 6.45) is 3.51. The second-order valence-electron chi connectivity index (χ2n) is 10.9. The van der Waals surface area contributed by atoms with Crippen molar-refractivity contribution in [1.29, 1.82) is 0 Å². The van der Waals surface area contributed by atoms with Crippen LogP contribution in [0.5, 0.6) is 0 Å². The first-order chi connectivity index (χ1) is 18.0. The second kappa shape index (κ2) is 11.1. The van der Waals surface area contributed by atoms with Crippen LogP contribution in [0, 0.1) is 6.92 Å². The third kappa shape index (κ3) is 5.80. The van der Waals surface area contributed by atoms with Gasteiger partial charge in [-0.3, -0.25) is 14.4 Å². The van der Waals surface area contributed by atoms with Gasteiger partial charge in [0.2, 0.25) is 11.9 Å². The van der Waals surface area contributed by atoms with Crippen LogP contribution in [0.3, 0.4) is 0 Å². The van der Waals surface area contributed by atoms with Gasteiger partial charge < -0.3 is 24.6 Å². The van der Waals surface area contributed by atoms with E-state index in [9.17, 15) is 14.4 Å². The Bertz CT molecular complexity index is 1220. The van der Waals surface area contributed by atoms with Crippen LogP contribution in [-0.2, 0) is 19.1 Å². The van der Waals surface area contributed by atoms with E-state index >= 15 is 0 Å². The van der Waals surface area contributed by atoms with Crippen molar-refractivity contribution in [3.8, 4) is 11.3 Å². The number of hydrogen-bond acceptors (Lipinski definition) is 8. The van der Waals surface area contributed by atoms with Crippen LogP contribution in [0.1, 0.15) is 67.6 Å². The minimum absolute atomic E-state index is 0.0349. The smallest absolute Gasteiger partial charge is 0.307 e. The van der Waals surface area contributed by atoms with Crippen molar-refractivity contribution in [2.75, 3.05) is 39.2 Å². The lowest BCUT2D eigenvalue weighted by atomic mass is 9.97. The third-order valence-corrected chi connectivity index (χ3v) is 7.35. The van der Waals surface area contributed by atoms with E-state index in [2.05, 4.69) is 10.3 Å². The van der Waals surface area contributed by atoms with Gasteiger partial charge in [0.05, 0.1) is 25.3 Å². The van der Waals surface area contributed by atoms with E-state index in [1.165, 1.54) is 12.0 Å². The summed E-state index contributed by atoms with van der Waals surface area (Å²) in [4.78, 5) is 51.2. The zero-order valence-electron chi connectivity index (χ0n) is 23.0. The van der Waals surface area contributed by atoms with E-state index in [0.717, 1.165) is 29.7 Å². The molecular weight excluding hydrogens is 486 g/mol. The summed E-state index contributed by atoms with van der Waals surface area (Å²) in [5, 5.41) is 3.39. The number of ether oxygens (including phenoxy) is 2. The average Bonchev–Trinajstić information content (AvgIpc) is 3.14. The van der Waals surface area contributed by atoms with Gasteiger partial charge in [-0.15, -0.1) is 0 Å². The molecular formula is C28H37N5O5. The number of amides is 2. The van der Waals surface area contributed by atoms with E-state index in [1.807, 2.05) is 39.8 Å². The predicted octanol–water partition coefficient (Wildman–Crippen LogP) is 3.36. The molecule has 1 fully saturated rings. The number of carbonyl (C=O) groups excluding carboxylic acids is 3. The van der Waals surface area contributed by atoms with Crippen LogP contribution in [0.15, 0.2) is 24.4 Å². The maximum atomic E-state index is 13.6. The Balaban J connectivity index is 1.65. The van der Waals surface area contributed by atoms with Crippen molar-refractivity contribution >= 4 is 23.7 Å². The molecule has 2 amide bonds. The highest BCUT2D eigenvalue weighted by atomic mass is 16.5. The molecule has 10 heteroatoms. The molecule has 1 atom stereocenters. The van der Waals surface area contributed by atoms with E-state index < -0.39 is 17.6 Å². The number of likely N-dealkylation sites (N-methyl/N-ethyl adjacent to an activating group) is 1. The maximum Gasteiger partial charge on any atom is 0.307 e. The van der Waals surface area contributed by atoms with Gasteiger partial charge in [-0.2, -0.15) is 0 Å². The normalized spacial score (nSPS) is 17.8. The SMILES string of the molecule is COC(=O)CC1c2ccc(-c3nc(NC4CCOCC4)ncc3C)cc2C(=O)N1CC(=O)N(C)C(C)(C)C. The summed E-state index contributed by atoms with van der Waals surface area (Å²) in [5.41, 5.74) is 3.11. The topological polar surface area (TPSA) is 114 Å². The van der Waals surface area contributed by atoms with Gasteiger partial charge in [0.15, 0.2) is 0 Å². The van der Waals surface area contributed by atoms with Crippen molar-refractivity contribution < 1.29 is 23.9 Å². The molecule has 1 unspecified atom stereocenters. The predicted molar refractivity (Wildman–Crippen MR) is 143 cm³/mol. The summed E-state index contributed by atoms with van der Waals surface area (Å²) >= 11 is 0. The molecule has 2 aliphatic rings. The van der Waals surface area contributed by atoms with Crippen LogP contribution in [0.4, 0.5) is 5.95 Å². The number of aryl methyl sites for hydroxylation is 1. The summed E-state index contributed by atoms with van der Waals surface area (Å²) in [7, 11) is 3.03. The number of nitrogens with one attached hydrogen (secondary N) is 1. The first kappa shape index (κ1) is 27.5. The minimum atomic E-state index is -0.589. The molecule has 4 rings (SSSR count). The number of fused-ring (bicyclic) bond motifs is 1. The molecule has 2 aliphatic heterocycles. The lowest BCUT2D eigenvalue weighted by Gasteiger charge is -2.34. The Kier molecular flexibility index (Phi) is 8.01. The number of hydrogen-bond donors (Lipinski definition) is 1. The number of carbonyl (C=O) groups is 3. The largest absolute Gasteiger partial charge is 0.469 e. The summed E-state index contributed by atoms with van der Waals surface area (Å²) in [5.74, 6) is -0.412. The highest BCUT2D eigenvalue weighted by molar-refractivity contribution is 6.02. The fraction of sp³-hybridized carbons (Fsp3) is 0.536. The van der Waals surface area contributed by atoms with Gasteiger partial charge in [-0.25, -0.2) is 9.97 Å².